The predicted molar refractivity (Wildman–Crippen MR) is 94.2 cm³/mol. The van der Waals surface area contributed by atoms with Gasteiger partial charge in [-0.25, -0.2) is 0 Å². The Balaban J connectivity index is 1.59. The molecule has 7 rings (SSSR count). The molecule has 1 aromatic rings. The van der Waals surface area contributed by atoms with Crippen LogP contribution in [0.2, 0.25) is 0 Å². The van der Waals surface area contributed by atoms with Gasteiger partial charge in [-0.1, -0.05) is 19.9 Å². The third-order valence-corrected chi connectivity index (χ3v) is 8.43. The van der Waals surface area contributed by atoms with E-state index in [-0.39, 0.29) is 0 Å². The lowest BCUT2D eigenvalue weighted by atomic mass is 9.63. The van der Waals surface area contributed by atoms with E-state index >= 15 is 0 Å². The number of rotatable bonds is 0. The number of hydrogen-bond acceptors (Lipinski definition) is 4. The second kappa shape index (κ2) is 2.96. The molecule has 2 aliphatic carbocycles. The molecule has 24 heavy (non-hydrogen) atoms. The van der Waals surface area contributed by atoms with Crippen LogP contribution >= 0.6 is 0 Å². The molecule has 2 fully saturated rings. The lowest BCUT2D eigenvalue weighted by molar-refractivity contribution is 0.0518. The minimum Gasteiger partial charge on any atom is -0.358 e. The summed E-state index contributed by atoms with van der Waals surface area (Å²) in [6.07, 6.45) is 10.0. The maximum atomic E-state index is 2.54. The van der Waals surface area contributed by atoms with Crippen LogP contribution < -0.4 is 9.80 Å². The van der Waals surface area contributed by atoms with E-state index in [1.54, 1.807) is 5.56 Å². The molecule has 0 bridgehead atoms. The first kappa shape index (κ1) is 12.3. The molecule has 0 N–H and O–H groups in total. The first-order valence-corrected chi connectivity index (χ1v) is 9.01. The van der Waals surface area contributed by atoms with Gasteiger partial charge in [0.25, 0.3) is 0 Å². The molecule has 4 atom stereocenters. The number of hydrogen-bond donors (Lipinski definition) is 0. The van der Waals surface area contributed by atoms with Crippen LogP contribution in [0, 0.1) is 16.7 Å². The van der Waals surface area contributed by atoms with Crippen LogP contribution in [-0.2, 0) is 5.41 Å². The Bertz CT molecular complexity index is 839. The van der Waals surface area contributed by atoms with Crippen LogP contribution in [0.25, 0.3) is 0 Å². The average Bonchev–Trinajstić information content (AvgIpc) is 3.15. The number of benzene rings is 1. The molecule has 4 unspecified atom stereocenters. The first-order valence-electron chi connectivity index (χ1n) is 9.01. The van der Waals surface area contributed by atoms with Crippen molar-refractivity contribution in [3.8, 4) is 0 Å². The monoisotopic (exact) mass is 318 g/mol. The van der Waals surface area contributed by atoms with Gasteiger partial charge in [0, 0.05) is 72.1 Å². The average molecular weight is 318 g/mol. The zero-order chi connectivity index (χ0) is 16.2. The van der Waals surface area contributed by atoms with Gasteiger partial charge < -0.3 is 19.6 Å². The van der Waals surface area contributed by atoms with Gasteiger partial charge in [-0.15, -0.1) is 0 Å². The first-order chi connectivity index (χ1) is 11.5. The van der Waals surface area contributed by atoms with E-state index < -0.39 is 0 Å². The Labute approximate surface area is 142 Å². The van der Waals surface area contributed by atoms with Crippen LogP contribution in [0.3, 0.4) is 0 Å². The summed E-state index contributed by atoms with van der Waals surface area (Å²) < 4.78 is 0. The Morgan fingerprint density at radius 1 is 0.792 bits per heavy atom. The highest BCUT2D eigenvalue weighted by atomic mass is 15.5. The SMILES string of the molecule is CN1C=CN2c3cccc4c3C35C(C3(C)C12)C5(C)C1N(C)C=CN41. The van der Waals surface area contributed by atoms with Crippen molar-refractivity contribution in [3.05, 3.63) is 48.6 Å². The highest BCUT2D eigenvalue weighted by Gasteiger charge is 3.06. The number of fused-ring (bicyclic) bond motifs is 8. The predicted octanol–water partition coefficient (Wildman–Crippen LogP) is 2.71. The lowest BCUT2D eigenvalue weighted by Gasteiger charge is -2.56. The van der Waals surface area contributed by atoms with Crippen LogP contribution in [0.1, 0.15) is 19.4 Å². The largest absolute Gasteiger partial charge is 0.358 e. The number of nitrogens with zero attached hydrogens (tertiary/aromatic N) is 4. The van der Waals surface area contributed by atoms with Gasteiger partial charge in [0.1, 0.15) is 12.3 Å². The van der Waals surface area contributed by atoms with Crippen molar-refractivity contribution >= 4 is 11.4 Å². The van der Waals surface area contributed by atoms with E-state index in [9.17, 15) is 0 Å². The zero-order valence-corrected chi connectivity index (χ0v) is 14.6. The van der Waals surface area contributed by atoms with E-state index in [1.165, 1.54) is 11.4 Å². The van der Waals surface area contributed by atoms with Crippen molar-refractivity contribution in [1.82, 2.24) is 9.80 Å². The molecule has 4 heteroatoms. The maximum Gasteiger partial charge on any atom is 0.112 e. The Morgan fingerprint density at radius 3 is 1.79 bits per heavy atom. The van der Waals surface area contributed by atoms with E-state index in [4.69, 9.17) is 0 Å². The molecular weight excluding hydrogens is 296 g/mol. The summed E-state index contributed by atoms with van der Waals surface area (Å²) in [5, 5.41) is 0. The van der Waals surface area contributed by atoms with Crippen molar-refractivity contribution in [1.29, 1.82) is 0 Å². The standard InChI is InChI=1S/C20H22N4/c1-18-15-19(2)17-22(4)9-11-24(17)13-7-5-6-12(14(13)20(15,18)19)23-10-8-21(3)16(18)23/h5-11,15-17H,1-4H3. The molecule has 2 saturated carbocycles. The molecule has 0 aromatic heterocycles. The van der Waals surface area contributed by atoms with E-state index in [1.807, 2.05) is 0 Å². The quantitative estimate of drug-likeness (QED) is 0.729. The minimum atomic E-state index is 0.356. The van der Waals surface area contributed by atoms with Gasteiger partial charge in [0.05, 0.1) is 0 Å². The lowest BCUT2D eigenvalue weighted by Crippen LogP contribution is -2.62. The van der Waals surface area contributed by atoms with E-state index in [0.717, 1.165) is 5.92 Å². The molecule has 4 nitrogen and oxygen atoms in total. The maximum absolute atomic E-state index is 2.54. The fourth-order valence-electron chi connectivity index (χ4n) is 8.08. The van der Waals surface area contributed by atoms with Crippen LogP contribution in [0.15, 0.2) is 43.0 Å². The van der Waals surface area contributed by atoms with Crippen LogP contribution in [0.5, 0.6) is 0 Å². The summed E-state index contributed by atoms with van der Waals surface area (Å²) >= 11 is 0. The summed E-state index contributed by atoms with van der Waals surface area (Å²) in [5.41, 5.74) is 5.56. The second-order valence-electron chi connectivity index (χ2n) is 8.97. The molecule has 6 aliphatic rings. The van der Waals surface area contributed by atoms with Gasteiger partial charge in [-0.3, -0.25) is 0 Å². The Hall–Kier alpha value is -2.10. The molecule has 1 spiro atoms. The van der Waals surface area contributed by atoms with E-state index in [0.29, 0.717) is 28.6 Å². The van der Waals surface area contributed by atoms with Crippen molar-refractivity contribution in [2.24, 2.45) is 16.7 Å². The molecule has 0 amide bonds. The van der Waals surface area contributed by atoms with Gasteiger partial charge in [0.15, 0.2) is 0 Å². The molecule has 4 heterocycles. The third-order valence-electron chi connectivity index (χ3n) is 8.43. The topological polar surface area (TPSA) is 13.0 Å². The van der Waals surface area contributed by atoms with Crippen molar-refractivity contribution in [3.63, 3.8) is 0 Å². The van der Waals surface area contributed by atoms with Crippen molar-refractivity contribution < 1.29 is 0 Å². The summed E-state index contributed by atoms with van der Waals surface area (Å²) in [7, 11) is 4.48. The smallest absolute Gasteiger partial charge is 0.112 e. The summed E-state index contributed by atoms with van der Waals surface area (Å²) in [4.78, 5) is 9.92. The molecule has 4 aliphatic heterocycles. The van der Waals surface area contributed by atoms with Crippen LogP contribution in [0.4, 0.5) is 11.4 Å². The zero-order valence-electron chi connectivity index (χ0n) is 14.6. The van der Waals surface area contributed by atoms with Gasteiger partial charge in [0.2, 0.25) is 0 Å². The second-order valence-corrected chi connectivity index (χ2v) is 8.97. The highest BCUT2D eigenvalue weighted by molar-refractivity contribution is 5.87. The van der Waals surface area contributed by atoms with Gasteiger partial charge >= 0.3 is 0 Å². The molecule has 122 valence electrons. The fourth-order valence-corrected chi connectivity index (χ4v) is 8.08. The minimum absolute atomic E-state index is 0.356. The van der Waals surface area contributed by atoms with Crippen LogP contribution in [-0.4, -0.2) is 36.2 Å². The third kappa shape index (κ3) is 0.773. The van der Waals surface area contributed by atoms with Crippen molar-refractivity contribution in [2.45, 2.75) is 31.6 Å². The fraction of sp³-hybridized carbons (Fsp3) is 0.500. The summed E-state index contributed by atoms with van der Waals surface area (Å²) in [5.74, 6) is 0.770. The molecule has 1 aromatic carbocycles. The molecule has 0 radical (unpaired) electrons. The Kier molecular flexibility index (Phi) is 1.51. The van der Waals surface area contributed by atoms with Gasteiger partial charge in [-0.05, 0) is 18.1 Å². The normalized spacial score (nSPS) is 49.9. The summed E-state index contributed by atoms with van der Waals surface area (Å²) in [6.45, 7) is 5.08. The van der Waals surface area contributed by atoms with E-state index in [2.05, 4.69) is 90.5 Å². The van der Waals surface area contributed by atoms with Gasteiger partial charge in [-0.2, -0.15) is 0 Å². The highest BCUT2D eigenvalue weighted by Crippen LogP contribution is 3.02. The number of anilines is 2. The summed E-state index contributed by atoms with van der Waals surface area (Å²) in [6, 6.07) is 6.91. The molecule has 0 saturated heterocycles. The molecular formula is C20H22N4. The Morgan fingerprint density at radius 2 is 1.29 bits per heavy atom. The van der Waals surface area contributed by atoms with Crippen molar-refractivity contribution in [2.75, 3.05) is 23.9 Å².